The largest absolute Gasteiger partial charge is 0.469 e. The molecule has 1 saturated carbocycles. The lowest BCUT2D eigenvalue weighted by Crippen LogP contribution is -2.32. The van der Waals surface area contributed by atoms with Crippen LogP contribution in [-0.4, -0.2) is 16.8 Å². The Labute approximate surface area is 124 Å². The second-order valence-corrected chi connectivity index (χ2v) is 5.58. The number of carbonyl (C=O) groups is 1. The minimum atomic E-state index is 0.191. The maximum Gasteiger partial charge on any atom is 0.223 e. The molecule has 0 aliphatic heterocycles. The van der Waals surface area contributed by atoms with Crippen molar-refractivity contribution < 1.29 is 9.21 Å². The number of carbonyl (C=O) groups excluding carboxylic acids is 1. The first-order chi connectivity index (χ1) is 10.2. The first kappa shape index (κ1) is 13.7. The summed E-state index contributed by atoms with van der Waals surface area (Å²) < 4.78 is 5.29. The molecule has 0 bridgehead atoms. The van der Waals surface area contributed by atoms with Gasteiger partial charge in [0.15, 0.2) is 0 Å². The van der Waals surface area contributed by atoms with E-state index in [4.69, 9.17) is 10.2 Å². The second kappa shape index (κ2) is 6.04. The molecule has 4 nitrogen and oxygen atoms in total. The number of furan rings is 1. The van der Waals surface area contributed by atoms with Gasteiger partial charge in [-0.25, -0.2) is 0 Å². The Morgan fingerprint density at radius 3 is 2.81 bits per heavy atom. The fourth-order valence-electron chi connectivity index (χ4n) is 2.52. The Hall–Kier alpha value is -2.23. The molecule has 1 heterocycles. The molecule has 1 aromatic carbocycles. The molecule has 0 spiro atoms. The van der Waals surface area contributed by atoms with E-state index in [0.717, 1.165) is 29.9 Å². The van der Waals surface area contributed by atoms with Gasteiger partial charge < -0.3 is 15.1 Å². The van der Waals surface area contributed by atoms with Crippen LogP contribution in [0.4, 0.5) is 5.69 Å². The van der Waals surface area contributed by atoms with Crippen molar-refractivity contribution in [2.75, 3.05) is 5.73 Å². The molecule has 0 saturated heterocycles. The molecule has 0 atom stereocenters. The summed E-state index contributed by atoms with van der Waals surface area (Å²) in [5, 5.41) is 0. The number of hydrogen-bond acceptors (Lipinski definition) is 3. The molecule has 3 rings (SSSR count). The summed E-state index contributed by atoms with van der Waals surface area (Å²) in [6.07, 6.45) is 5.01. The molecule has 21 heavy (non-hydrogen) atoms. The van der Waals surface area contributed by atoms with Crippen LogP contribution < -0.4 is 5.73 Å². The number of rotatable bonds is 6. The van der Waals surface area contributed by atoms with Crippen molar-refractivity contribution in [3.05, 3.63) is 54.0 Å². The molecule has 1 fully saturated rings. The van der Waals surface area contributed by atoms with Gasteiger partial charge in [-0.15, -0.1) is 0 Å². The fourth-order valence-corrected chi connectivity index (χ4v) is 2.52. The molecule has 2 aromatic rings. The second-order valence-electron chi connectivity index (χ2n) is 5.58. The average molecular weight is 284 g/mol. The van der Waals surface area contributed by atoms with Crippen molar-refractivity contribution in [3.63, 3.8) is 0 Å². The van der Waals surface area contributed by atoms with Crippen LogP contribution in [0.3, 0.4) is 0 Å². The van der Waals surface area contributed by atoms with E-state index in [9.17, 15) is 4.79 Å². The van der Waals surface area contributed by atoms with Gasteiger partial charge in [-0.1, -0.05) is 12.1 Å². The summed E-state index contributed by atoms with van der Waals surface area (Å²) in [5.41, 5.74) is 7.64. The van der Waals surface area contributed by atoms with Crippen LogP contribution >= 0.6 is 0 Å². The quantitative estimate of drug-likeness (QED) is 0.830. The monoisotopic (exact) mass is 284 g/mol. The van der Waals surface area contributed by atoms with Gasteiger partial charge >= 0.3 is 0 Å². The van der Waals surface area contributed by atoms with Gasteiger partial charge in [0.25, 0.3) is 0 Å². The van der Waals surface area contributed by atoms with E-state index in [1.807, 2.05) is 41.3 Å². The maximum absolute atomic E-state index is 12.5. The van der Waals surface area contributed by atoms with Crippen molar-refractivity contribution in [3.8, 4) is 0 Å². The summed E-state index contributed by atoms with van der Waals surface area (Å²) in [5.74, 6) is 1.05. The molecule has 1 aromatic heterocycles. The van der Waals surface area contributed by atoms with Gasteiger partial charge in [-0.05, 0) is 42.7 Å². The van der Waals surface area contributed by atoms with Gasteiger partial charge in [0.05, 0.1) is 6.26 Å². The lowest BCUT2D eigenvalue weighted by Gasteiger charge is -2.22. The van der Waals surface area contributed by atoms with Gasteiger partial charge in [0.2, 0.25) is 5.91 Å². The van der Waals surface area contributed by atoms with Crippen LogP contribution in [0.2, 0.25) is 0 Å². The van der Waals surface area contributed by atoms with Crippen molar-refractivity contribution >= 4 is 11.6 Å². The zero-order valence-corrected chi connectivity index (χ0v) is 12.0. The average Bonchev–Trinajstić information content (AvgIpc) is 3.18. The zero-order chi connectivity index (χ0) is 14.7. The van der Waals surface area contributed by atoms with E-state index in [1.54, 1.807) is 6.26 Å². The molecule has 1 amide bonds. The fraction of sp³-hybridized carbons (Fsp3) is 0.353. The van der Waals surface area contributed by atoms with Crippen LogP contribution in [-0.2, 0) is 17.8 Å². The van der Waals surface area contributed by atoms with Crippen molar-refractivity contribution in [1.29, 1.82) is 0 Å². The van der Waals surface area contributed by atoms with Crippen LogP contribution in [0.15, 0.2) is 47.1 Å². The minimum Gasteiger partial charge on any atom is -0.469 e. The predicted molar refractivity (Wildman–Crippen MR) is 81.5 cm³/mol. The number of amides is 1. The Kier molecular flexibility index (Phi) is 3.95. The number of anilines is 1. The summed E-state index contributed by atoms with van der Waals surface area (Å²) in [7, 11) is 0. The van der Waals surface area contributed by atoms with Crippen LogP contribution in [0, 0.1) is 0 Å². The summed E-state index contributed by atoms with van der Waals surface area (Å²) >= 11 is 0. The Morgan fingerprint density at radius 2 is 2.14 bits per heavy atom. The Morgan fingerprint density at radius 1 is 1.29 bits per heavy atom. The van der Waals surface area contributed by atoms with E-state index >= 15 is 0 Å². The maximum atomic E-state index is 12.5. The Balaban J connectivity index is 1.62. The number of nitrogens with two attached hydrogens (primary N) is 1. The van der Waals surface area contributed by atoms with E-state index in [0.29, 0.717) is 25.4 Å². The highest BCUT2D eigenvalue weighted by Gasteiger charge is 2.32. The smallest absolute Gasteiger partial charge is 0.223 e. The Bertz CT molecular complexity index is 603. The normalized spacial score (nSPS) is 14.1. The molecule has 0 unspecified atom stereocenters. The topological polar surface area (TPSA) is 59.5 Å². The van der Waals surface area contributed by atoms with Crippen LogP contribution in [0.5, 0.6) is 0 Å². The van der Waals surface area contributed by atoms with E-state index in [1.165, 1.54) is 0 Å². The SMILES string of the molecule is Nc1cccc(CN(C(=O)CCc2ccco2)C2CC2)c1. The number of nitrogen functional groups attached to an aromatic ring is 1. The third-order valence-electron chi connectivity index (χ3n) is 3.78. The summed E-state index contributed by atoms with van der Waals surface area (Å²) in [6.45, 7) is 0.646. The lowest BCUT2D eigenvalue weighted by molar-refractivity contribution is -0.132. The van der Waals surface area contributed by atoms with Crippen molar-refractivity contribution in [1.82, 2.24) is 4.90 Å². The van der Waals surface area contributed by atoms with Gasteiger partial charge in [0, 0.05) is 31.1 Å². The van der Waals surface area contributed by atoms with Crippen LogP contribution in [0.25, 0.3) is 0 Å². The number of benzene rings is 1. The highest BCUT2D eigenvalue weighted by Crippen LogP contribution is 2.29. The molecule has 110 valence electrons. The molecule has 1 aliphatic carbocycles. The standard InChI is InChI=1S/C17H20N2O2/c18-14-4-1-3-13(11-14)12-19(15-6-7-15)17(20)9-8-16-5-2-10-21-16/h1-5,10-11,15H,6-9,12,18H2. The van der Waals surface area contributed by atoms with Crippen molar-refractivity contribution in [2.45, 2.75) is 38.3 Å². The van der Waals surface area contributed by atoms with E-state index in [2.05, 4.69) is 0 Å². The van der Waals surface area contributed by atoms with E-state index < -0.39 is 0 Å². The summed E-state index contributed by atoms with van der Waals surface area (Å²) in [4.78, 5) is 14.4. The molecular formula is C17H20N2O2. The highest BCUT2D eigenvalue weighted by atomic mass is 16.3. The highest BCUT2D eigenvalue weighted by molar-refractivity contribution is 5.77. The molecule has 1 aliphatic rings. The molecule has 0 radical (unpaired) electrons. The number of hydrogen-bond donors (Lipinski definition) is 1. The lowest BCUT2D eigenvalue weighted by atomic mass is 10.1. The van der Waals surface area contributed by atoms with Gasteiger partial charge in [-0.2, -0.15) is 0 Å². The molecule has 4 heteroatoms. The first-order valence-corrected chi connectivity index (χ1v) is 7.38. The zero-order valence-electron chi connectivity index (χ0n) is 12.0. The number of nitrogens with zero attached hydrogens (tertiary/aromatic N) is 1. The van der Waals surface area contributed by atoms with Gasteiger partial charge in [-0.3, -0.25) is 4.79 Å². The van der Waals surface area contributed by atoms with Gasteiger partial charge in [0.1, 0.15) is 5.76 Å². The summed E-state index contributed by atoms with van der Waals surface area (Å²) in [6, 6.07) is 11.9. The van der Waals surface area contributed by atoms with Crippen LogP contribution in [0.1, 0.15) is 30.6 Å². The third kappa shape index (κ3) is 3.66. The molecular weight excluding hydrogens is 264 g/mol. The van der Waals surface area contributed by atoms with E-state index in [-0.39, 0.29) is 5.91 Å². The minimum absolute atomic E-state index is 0.191. The third-order valence-corrected chi connectivity index (χ3v) is 3.78. The molecule has 2 N–H and O–H groups in total. The predicted octanol–water partition coefficient (Wildman–Crippen LogP) is 2.99. The number of aryl methyl sites for hydroxylation is 1. The first-order valence-electron chi connectivity index (χ1n) is 7.38. The van der Waals surface area contributed by atoms with Crippen molar-refractivity contribution in [2.24, 2.45) is 0 Å².